The van der Waals surface area contributed by atoms with Crippen LogP contribution in [0.4, 0.5) is 0 Å². The summed E-state index contributed by atoms with van der Waals surface area (Å²) in [5.74, 6) is 1.11. The number of ether oxygens (including phenoxy) is 1. The van der Waals surface area contributed by atoms with E-state index in [2.05, 4.69) is 32.9 Å². The molecule has 0 fully saturated rings. The summed E-state index contributed by atoms with van der Waals surface area (Å²) < 4.78 is 5.37. The van der Waals surface area contributed by atoms with E-state index in [4.69, 9.17) is 4.74 Å². The fraction of sp³-hybridized carbons (Fsp3) is 0.462. The van der Waals surface area contributed by atoms with E-state index in [1.54, 1.807) is 0 Å². The molecule has 0 spiro atoms. The van der Waals surface area contributed by atoms with Crippen LogP contribution in [0, 0.1) is 6.92 Å². The quantitative estimate of drug-likeness (QED) is 0.519. The van der Waals surface area contributed by atoms with Crippen molar-refractivity contribution in [2.75, 3.05) is 0 Å². The summed E-state index contributed by atoms with van der Waals surface area (Å²) in [7, 11) is 0. The maximum Gasteiger partial charge on any atom is 0.311 e. The Morgan fingerprint density at radius 1 is 1.27 bits per heavy atom. The Morgan fingerprint density at radius 3 is 2.67 bits per heavy atom. The Hall–Kier alpha value is -1.31. The zero-order valence-corrected chi connectivity index (χ0v) is 9.46. The highest BCUT2D eigenvalue weighted by Gasteiger charge is 2.22. The molecule has 2 heteroatoms. The predicted molar refractivity (Wildman–Crippen MR) is 59.2 cm³/mol. The van der Waals surface area contributed by atoms with Crippen molar-refractivity contribution in [1.82, 2.24) is 0 Å². The lowest BCUT2D eigenvalue weighted by molar-refractivity contribution is -0.135. The number of carbonyl (C=O) groups is 1. The summed E-state index contributed by atoms with van der Waals surface area (Å²) in [4.78, 5) is 11.3. The Kier molecular flexibility index (Phi) is 2.51. The lowest BCUT2D eigenvalue weighted by atomic mass is 9.92. The molecule has 2 nitrogen and oxygen atoms in total. The first kappa shape index (κ1) is 10.2. The van der Waals surface area contributed by atoms with E-state index in [0.717, 1.165) is 17.7 Å². The van der Waals surface area contributed by atoms with Gasteiger partial charge in [0.25, 0.3) is 0 Å². The molecule has 0 bridgehead atoms. The first-order valence-corrected chi connectivity index (χ1v) is 5.42. The van der Waals surface area contributed by atoms with Gasteiger partial charge in [-0.3, -0.25) is 4.79 Å². The van der Waals surface area contributed by atoms with Gasteiger partial charge in [-0.25, -0.2) is 0 Å². The number of benzene rings is 1. The fourth-order valence-corrected chi connectivity index (χ4v) is 2.02. The van der Waals surface area contributed by atoms with Crippen molar-refractivity contribution < 1.29 is 9.53 Å². The molecule has 1 aromatic rings. The molecule has 1 heterocycles. The van der Waals surface area contributed by atoms with Crippen molar-refractivity contribution >= 4 is 5.97 Å². The van der Waals surface area contributed by atoms with Gasteiger partial charge in [-0.05, 0) is 36.0 Å². The number of esters is 1. The summed E-state index contributed by atoms with van der Waals surface area (Å²) in [6.07, 6.45) is 1.33. The zero-order chi connectivity index (χ0) is 11.0. The lowest BCUT2D eigenvalue weighted by Gasteiger charge is -2.22. The van der Waals surface area contributed by atoms with Gasteiger partial charge in [-0.1, -0.05) is 26.0 Å². The van der Waals surface area contributed by atoms with Crippen LogP contribution in [0.5, 0.6) is 5.75 Å². The molecule has 0 atom stereocenters. The molecule has 0 radical (unpaired) electrons. The SMILES string of the molecule is Cc1ccc(C(C)C)c2c1CCC(=O)O2. The molecule has 0 aromatic heterocycles. The zero-order valence-electron chi connectivity index (χ0n) is 9.46. The normalized spacial score (nSPS) is 15.1. The Labute approximate surface area is 90.3 Å². The number of hydrogen-bond donors (Lipinski definition) is 0. The van der Waals surface area contributed by atoms with Crippen molar-refractivity contribution in [3.63, 3.8) is 0 Å². The van der Waals surface area contributed by atoms with Crippen LogP contribution in [0.25, 0.3) is 0 Å². The van der Waals surface area contributed by atoms with E-state index in [1.807, 2.05) is 0 Å². The largest absolute Gasteiger partial charge is 0.426 e. The van der Waals surface area contributed by atoms with Gasteiger partial charge in [0.2, 0.25) is 0 Å². The summed E-state index contributed by atoms with van der Waals surface area (Å²) in [5.41, 5.74) is 3.58. The fourth-order valence-electron chi connectivity index (χ4n) is 2.02. The molecule has 1 aromatic carbocycles. The predicted octanol–water partition coefficient (Wildman–Crippen LogP) is 2.97. The minimum atomic E-state index is -0.102. The number of hydrogen-bond acceptors (Lipinski definition) is 2. The highest BCUT2D eigenvalue weighted by Crippen LogP contribution is 2.35. The van der Waals surface area contributed by atoms with Gasteiger partial charge >= 0.3 is 5.97 Å². The first-order valence-electron chi connectivity index (χ1n) is 5.42. The molecule has 0 saturated carbocycles. The summed E-state index contributed by atoms with van der Waals surface area (Å²) in [6.45, 7) is 6.31. The first-order chi connectivity index (χ1) is 7.09. The Bertz CT molecular complexity index is 405. The molecular formula is C13H16O2. The second-order valence-corrected chi connectivity index (χ2v) is 4.41. The number of rotatable bonds is 1. The molecule has 2 rings (SSSR count). The Balaban J connectivity index is 2.56. The van der Waals surface area contributed by atoms with Gasteiger partial charge in [0.05, 0.1) is 6.42 Å². The van der Waals surface area contributed by atoms with Gasteiger partial charge < -0.3 is 4.74 Å². The molecule has 0 N–H and O–H groups in total. The van der Waals surface area contributed by atoms with Crippen LogP contribution in [0.3, 0.4) is 0 Å². The van der Waals surface area contributed by atoms with Crippen LogP contribution >= 0.6 is 0 Å². The molecule has 80 valence electrons. The molecule has 1 aliphatic heterocycles. The number of aryl methyl sites for hydroxylation is 1. The molecular weight excluding hydrogens is 188 g/mol. The van der Waals surface area contributed by atoms with E-state index in [9.17, 15) is 4.79 Å². The van der Waals surface area contributed by atoms with E-state index in [0.29, 0.717) is 12.3 Å². The summed E-state index contributed by atoms with van der Waals surface area (Å²) >= 11 is 0. The molecule has 0 unspecified atom stereocenters. The second-order valence-electron chi connectivity index (χ2n) is 4.41. The minimum Gasteiger partial charge on any atom is -0.426 e. The average Bonchev–Trinajstić information content (AvgIpc) is 2.17. The lowest BCUT2D eigenvalue weighted by Crippen LogP contribution is -2.18. The van der Waals surface area contributed by atoms with Crippen LogP contribution in [0.2, 0.25) is 0 Å². The highest BCUT2D eigenvalue weighted by atomic mass is 16.5. The average molecular weight is 204 g/mol. The monoisotopic (exact) mass is 204 g/mol. The smallest absolute Gasteiger partial charge is 0.311 e. The number of carbonyl (C=O) groups excluding carboxylic acids is 1. The van der Waals surface area contributed by atoms with Gasteiger partial charge in [-0.2, -0.15) is 0 Å². The van der Waals surface area contributed by atoms with E-state index in [-0.39, 0.29) is 5.97 Å². The molecule has 0 aliphatic carbocycles. The highest BCUT2D eigenvalue weighted by molar-refractivity contribution is 5.76. The maximum atomic E-state index is 11.3. The standard InChI is InChI=1S/C13H16O2/c1-8(2)10-5-4-9(3)11-6-7-12(14)15-13(10)11/h4-5,8H,6-7H2,1-3H3. The third-order valence-corrected chi connectivity index (χ3v) is 2.94. The number of fused-ring (bicyclic) bond motifs is 1. The van der Waals surface area contributed by atoms with Crippen molar-refractivity contribution in [3.05, 3.63) is 28.8 Å². The van der Waals surface area contributed by atoms with Crippen LogP contribution < -0.4 is 4.74 Å². The second kappa shape index (κ2) is 3.69. The summed E-state index contributed by atoms with van der Waals surface area (Å²) in [5, 5.41) is 0. The molecule has 0 saturated heterocycles. The van der Waals surface area contributed by atoms with E-state index < -0.39 is 0 Å². The van der Waals surface area contributed by atoms with Crippen LogP contribution in [-0.4, -0.2) is 5.97 Å². The van der Waals surface area contributed by atoms with Crippen molar-refractivity contribution in [2.45, 2.75) is 39.5 Å². The van der Waals surface area contributed by atoms with Gasteiger partial charge in [-0.15, -0.1) is 0 Å². The van der Waals surface area contributed by atoms with E-state index >= 15 is 0 Å². The van der Waals surface area contributed by atoms with Crippen molar-refractivity contribution in [2.24, 2.45) is 0 Å². The topological polar surface area (TPSA) is 26.3 Å². The van der Waals surface area contributed by atoms with Crippen LogP contribution in [0.1, 0.15) is 42.9 Å². The van der Waals surface area contributed by atoms with Gasteiger partial charge in [0.1, 0.15) is 5.75 Å². The summed E-state index contributed by atoms with van der Waals surface area (Å²) in [6, 6.07) is 4.19. The Morgan fingerprint density at radius 2 is 2.00 bits per heavy atom. The molecule has 15 heavy (non-hydrogen) atoms. The third-order valence-electron chi connectivity index (χ3n) is 2.94. The van der Waals surface area contributed by atoms with Crippen LogP contribution in [-0.2, 0) is 11.2 Å². The third kappa shape index (κ3) is 1.76. The van der Waals surface area contributed by atoms with Crippen molar-refractivity contribution in [1.29, 1.82) is 0 Å². The molecule has 1 aliphatic rings. The van der Waals surface area contributed by atoms with Gasteiger partial charge in [0.15, 0.2) is 0 Å². The van der Waals surface area contributed by atoms with E-state index in [1.165, 1.54) is 11.1 Å². The molecule has 0 amide bonds. The van der Waals surface area contributed by atoms with Crippen LogP contribution in [0.15, 0.2) is 12.1 Å². The van der Waals surface area contributed by atoms with Crippen molar-refractivity contribution in [3.8, 4) is 5.75 Å². The minimum absolute atomic E-state index is 0.102. The van der Waals surface area contributed by atoms with Gasteiger partial charge in [0, 0.05) is 0 Å². The maximum absolute atomic E-state index is 11.3.